The van der Waals surface area contributed by atoms with E-state index in [1.807, 2.05) is 6.07 Å². The van der Waals surface area contributed by atoms with E-state index >= 15 is 0 Å². The third-order valence-corrected chi connectivity index (χ3v) is 5.94. The van der Waals surface area contributed by atoms with E-state index in [1.54, 1.807) is 22.8 Å². The van der Waals surface area contributed by atoms with Gasteiger partial charge in [-0.15, -0.1) is 0 Å². The molecule has 2 aromatic carbocycles. The number of hydrogen-bond acceptors (Lipinski definition) is 4. The van der Waals surface area contributed by atoms with E-state index in [-0.39, 0.29) is 36.0 Å². The molecule has 0 saturated carbocycles. The number of fused-ring (bicyclic) bond motifs is 1. The molecule has 10 heteroatoms. The highest BCUT2D eigenvalue weighted by molar-refractivity contribution is 6.30. The first kappa shape index (κ1) is 21.5. The summed E-state index contributed by atoms with van der Waals surface area (Å²) in [6.07, 6.45) is 2.65. The molecule has 1 atom stereocenters. The van der Waals surface area contributed by atoms with E-state index < -0.39 is 22.9 Å². The van der Waals surface area contributed by atoms with Gasteiger partial charge >= 0.3 is 5.69 Å². The van der Waals surface area contributed by atoms with Crippen LogP contribution < -0.4 is 11.2 Å². The van der Waals surface area contributed by atoms with Crippen molar-refractivity contribution in [3.63, 3.8) is 0 Å². The Kier molecular flexibility index (Phi) is 5.59. The molecule has 0 bridgehead atoms. The number of imidazole rings is 1. The summed E-state index contributed by atoms with van der Waals surface area (Å²) < 4.78 is 37.5. The third kappa shape index (κ3) is 3.98. The van der Waals surface area contributed by atoms with Gasteiger partial charge in [-0.3, -0.25) is 9.36 Å². The van der Waals surface area contributed by atoms with Crippen molar-refractivity contribution in [2.75, 3.05) is 6.61 Å². The quantitative estimate of drug-likeness (QED) is 0.445. The molecule has 1 aliphatic heterocycles. The van der Waals surface area contributed by atoms with Crippen LogP contribution >= 0.6 is 11.6 Å². The molecule has 0 radical (unpaired) electrons. The number of nitrogens with zero attached hydrogens (tertiary/aromatic N) is 4. The second kappa shape index (κ2) is 8.57. The van der Waals surface area contributed by atoms with Crippen LogP contribution in [0.4, 0.5) is 8.78 Å². The molecule has 5 rings (SSSR count). The van der Waals surface area contributed by atoms with Gasteiger partial charge in [0.15, 0.2) is 11.2 Å². The van der Waals surface area contributed by atoms with Crippen molar-refractivity contribution in [2.45, 2.75) is 32.0 Å². The van der Waals surface area contributed by atoms with E-state index in [4.69, 9.17) is 16.3 Å². The summed E-state index contributed by atoms with van der Waals surface area (Å²) in [6, 6.07) is 10.0. The highest BCUT2D eigenvalue weighted by Crippen LogP contribution is 2.20. The molecular formula is C23H19ClF2N4O3. The Morgan fingerprint density at radius 3 is 2.73 bits per heavy atom. The lowest BCUT2D eigenvalue weighted by Gasteiger charge is -2.15. The van der Waals surface area contributed by atoms with E-state index in [0.29, 0.717) is 24.1 Å². The lowest BCUT2D eigenvalue weighted by Crippen LogP contribution is -2.42. The fourth-order valence-electron chi connectivity index (χ4n) is 4.16. The van der Waals surface area contributed by atoms with E-state index in [0.717, 1.165) is 33.3 Å². The highest BCUT2D eigenvalue weighted by atomic mass is 35.5. The van der Waals surface area contributed by atoms with Gasteiger partial charge in [0.05, 0.1) is 24.7 Å². The summed E-state index contributed by atoms with van der Waals surface area (Å²) in [5.41, 5.74) is -0.583. The molecule has 7 nitrogen and oxygen atoms in total. The summed E-state index contributed by atoms with van der Waals surface area (Å²) in [7, 11) is 0. The largest absolute Gasteiger partial charge is 0.376 e. The minimum atomic E-state index is -0.940. The van der Waals surface area contributed by atoms with Gasteiger partial charge in [0, 0.05) is 24.2 Å². The fraction of sp³-hybridized carbons (Fsp3) is 0.261. The first-order valence-electron chi connectivity index (χ1n) is 10.4. The van der Waals surface area contributed by atoms with E-state index in [9.17, 15) is 18.4 Å². The first-order chi connectivity index (χ1) is 15.9. The predicted molar refractivity (Wildman–Crippen MR) is 119 cm³/mol. The number of rotatable bonds is 5. The summed E-state index contributed by atoms with van der Waals surface area (Å²) in [5, 5.41) is 0.540. The Balaban J connectivity index is 1.75. The van der Waals surface area contributed by atoms with Crippen molar-refractivity contribution in [2.24, 2.45) is 0 Å². The van der Waals surface area contributed by atoms with Crippen LogP contribution in [0.2, 0.25) is 5.02 Å². The Morgan fingerprint density at radius 1 is 1.15 bits per heavy atom. The van der Waals surface area contributed by atoms with E-state index in [1.165, 1.54) is 6.33 Å². The summed E-state index contributed by atoms with van der Waals surface area (Å²) in [6.45, 7) is 0.838. The molecule has 170 valence electrons. The third-order valence-electron chi connectivity index (χ3n) is 5.70. The molecule has 2 aromatic heterocycles. The Labute approximate surface area is 191 Å². The summed E-state index contributed by atoms with van der Waals surface area (Å²) in [4.78, 5) is 31.1. The average Bonchev–Trinajstić information content (AvgIpc) is 3.43. The maximum absolute atomic E-state index is 14.7. The SMILES string of the molecule is O=c1c2c(ncn2Cc2cccc(Cl)c2)n(-c2ccc(F)cc2F)c(=O)n1C[C@H]1CCCO1. The van der Waals surface area contributed by atoms with Crippen LogP contribution in [0, 0.1) is 11.6 Å². The Hall–Kier alpha value is -3.30. The standard InChI is InChI=1S/C23H19ClF2N4O3/c24-15-4-1-3-14(9-15)11-28-13-27-21-20(28)22(31)29(12-17-5-2-8-33-17)23(32)30(21)19-7-6-16(25)10-18(19)26/h1,3-4,6-7,9-10,13,17H,2,5,8,11-12H2/t17-/m1/s1. The molecule has 33 heavy (non-hydrogen) atoms. The molecular weight excluding hydrogens is 454 g/mol. The van der Waals surface area contributed by atoms with Crippen LogP contribution in [0.15, 0.2) is 58.4 Å². The predicted octanol–water partition coefficient (Wildman–Crippen LogP) is 3.51. The molecule has 0 spiro atoms. The van der Waals surface area contributed by atoms with Gasteiger partial charge in [-0.05, 0) is 42.7 Å². The van der Waals surface area contributed by atoms with Gasteiger partial charge in [0.1, 0.15) is 11.6 Å². The molecule has 1 saturated heterocycles. The smallest absolute Gasteiger partial charge is 0.337 e. The Morgan fingerprint density at radius 2 is 2.00 bits per heavy atom. The van der Waals surface area contributed by atoms with E-state index in [2.05, 4.69) is 4.98 Å². The molecule has 1 aliphatic rings. The number of halogens is 3. The van der Waals surface area contributed by atoms with Gasteiger partial charge in [-0.25, -0.2) is 23.1 Å². The second-order valence-electron chi connectivity index (χ2n) is 7.94. The zero-order valence-electron chi connectivity index (χ0n) is 17.4. The van der Waals surface area contributed by atoms with Gasteiger partial charge in [-0.1, -0.05) is 23.7 Å². The van der Waals surface area contributed by atoms with Crippen molar-refractivity contribution >= 4 is 22.8 Å². The first-order valence-corrected chi connectivity index (χ1v) is 10.8. The van der Waals surface area contributed by atoms with Crippen LogP contribution in [-0.4, -0.2) is 31.4 Å². The Bertz CT molecular complexity index is 1470. The molecule has 3 heterocycles. The van der Waals surface area contributed by atoms with Crippen LogP contribution in [0.25, 0.3) is 16.9 Å². The zero-order valence-corrected chi connectivity index (χ0v) is 18.1. The van der Waals surface area contributed by atoms with Crippen LogP contribution in [0.1, 0.15) is 18.4 Å². The van der Waals surface area contributed by atoms with Gasteiger partial charge in [0.25, 0.3) is 5.56 Å². The van der Waals surface area contributed by atoms with Crippen molar-refractivity contribution in [1.29, 1.82) is 0 Å². The molecule has 1 fully saturated rings. The highest BCUT2D eigenvalue weighted by Gasteiger charge is 2.24. The van der Waals surface area contributed by atoms with Crippen LogP contribution in [0.5, 0.6) is 0 Å². The zero-order chi connectivity index (χ0) is 23.1. The molecule has 4 aromatic rings. The number of ether oxygens (including phenoxy) is 1. The molecule has 0 unspecified atom stereocenters. The number of benzene rings is 2. The number of hydrogen-bond donors (Lipinski definition) is 0. The maximum Gasteiger partial charge on any atom is 0.337 e. The van der Waals surface area contributed by atoms with Crippen molar-refractivity contribution < 1.29 is 13.5 Å². The van der Waals surface area contributed by atoms with Gasteiger partial charge in [0.2, 0.25) is 0 Å². The fourth-order valence-corrected chi connectivity index (χ4v) is 4.38. The lowest BCUT2D eigenvalue weighted by molar-refractivity contribution is 0.0950. The van der Waals surface area contributed by atoms with Crippen molar-refractivity contribution in [3.8, 4) is 5.69 Å². The minimum Gasteiger partial charge on any atom is -0.376 e. The molecule has 0 amide bonds. The topological polar surface area (TPSA) is 71.0 Å². The second-order valence-corrected chi connectivity index (χ2v) is 8.38. The molecule has 0 aliphatic carbocycles. The normalized spacial score (nSPS) is 16.0. The van der Waals surface area contributed by atoms with Crippen molar-refractivity contribution in [3.05, 3.63) is 91.9 Å². The summed E-state index contributed by atoms with van der Waals surface area (Å²) >= 11 is 6.09. The maximum atomic E-state index is 14.7. The van der Waals surface area contributed by atoms with Crippen LogP contribution in [-0.2, 0) is 17.8 Å². The average molecular weight is 473 g/mol. The van der Waals surface area contributed by atoms with Crippen LogP contribution in [0.3, 0.4) is 0 Å². The van der Waals surface area contributed by atoms with Gasteiger partial charge in [-0.2, -0.15) is 0 Å². The minimum absolute atomic E-state index is 0.0128. The summed E-state index contributed by atoms with van der Waals surface area (Å²) in [5.74, 6) is -1.72. The van der Waals surface area contributed by atoms with Gasteiger partial charge < -0.3 is 9.30 Å². The van der Waals surface area contributed by atoms with Crippen molar-refractivity contribution in [1.82, 2.24) is 18.7 Å². The monoisotopic (exact) mass is 472 g/mol. The molecule has 0 N–H and O–H groups in total. The number of aromatic nitrogens is 4. The lowest BCUT2D eigenvalue weighted by atomic mass is 10.2.